The highest BCUT2D eigenvalue weighted by atomic mass is 32.1. The molecule has 0 aromatic carbocycles. The van der Waals surface area contributed by atoms with Crippen LogP contribution in [0.4, 0.5) is 5.13 Å². The summed E-state index contributed by atoms with van der Waals surface area (Å²) < 4.78 is 0. The van der Waals surface area contributed by atoms with Crippen LogP contribution in [0, 0.1) is 5.41 Å². The number of nitrogens with zero attached hydrogens (tertiary/aromatic N) is 2. The van der Waals surface area contributed by atoms with Crippen LogP contribution in [-0.2, 0) is 0 Å². The predicted molar refractivity (Wildman–Crippen MR) is 81.1 cm³/mol. The third kappa shape index (κ3) is 3.02. The second-order valence-corrected chi connectivity index (χ2v) is 6.13. The number of thiazole rings is 1. The third-order valence-corrected chi connectivity index (χ3v) is 4.66. The van der Waals surface area contributed by atoms with Gasteiger partial charge in [-0.15, -0.1) is 17.9 Å². The molecule has 1 aromatic heterocycles. The van der Waals surface area contributed by atoms with Gasteiger partial charge in [0.2, 0.25) is 0 Å². The second kappa shape index (κ2) is 6.37. The monoisotopic (exact) mass is 295 g/mol. The number of nitrogens with one attached hydrogen (secondary N) is 1. The van der Waals surface area contributed by atoms with E-state index in [0.29, 0.717) is 12.2 Å². The number of hydrogen-bond donors (Lipinski definition) is 2. The number of carbonyl (C=O) groups excluding carboxylic acids is 1. The van der Waals surface area contributed by atoms with Crippen molar-refractivity contribution < 1.29 is 9.90 Å². The average Bonchev–Trinajstić information content (AvgIpc) is 2.96. The van der Waals surface area contributed by atoms with Crippen molar-refractivity contribution in [1.82, 2.24) is 9.88 Å². The first kappa shape index (κ1) is 15.0. The summed E-state index contributed by atoms with van der Waals surface area (Å²) in [6.45, 7) is 5.14. The molecule has 5 nitrogen and oxygen atoms in total. The fourth-order valence-corrected chi connectivity index (χ4v) is 3.34. The molecule has 0 radical (unpaired) electrons. The van der Waals surface area contributed by atoms with Gasteiger partial charge in [0.05, 0.1) is 6.61 Å². The Balaban J connectivity index is 2.11. The molecule has 1 saturated heterocycles. The number of rotatable bonds is 5. The Morgan fingerprint density at radius 2 is 2.55 bits per heavy atom. The van der Waals surface area contributed by atoms with Crippen LogP contribution in [0.1, 0.15) is 29.8 Å². The number of anilines is 1. The summed E-state index contributed by atoms with van der Waals surface area (Å²) in [6.07, 6.45) is 4.39. The molecule has 1 amide bonds. The zero-order valence-corrected chi connectivity index (χ0v) is 12.6. The fraction of sp³-hybridized carbons (Fsp3) is 0.571. The summed E-state index contributed by atoms with van der Waals surface area (Å²) in [5.41, 5.74) is 0.240. The minimum atomic E-state index is -0.239. The standard InChI is InChI=1S/C14H21N3O2S/c1-3-5-14(10-18)6-4-7-17(9-14)12(19)11-8-20-13(15-2)16-11/h3,8,18H,1,4-7,9-10H2,2H3,(H,15,16)/t14-/m1/s1. The molecule has 1 aliphatic heterocycles. The Morgan fingerprint density at radius 1 is 1.75 bits per heavy atom. The molecule has 0 spiro atoms. The van der Waals surface area contributed by atoms with E-state index < -0.39 is 0 Å². The molecule has 20 heavy (non-hydrogen) atoms. The maximum atomic E-state index is 12.5. The normalized spacial score (nSPS) is 22.6. The van der Waals surface area contributed by atoms with E-state index in [2.05, 4.69) is 16.9 Å². The molecule has 0 unspecified atom stereocenters. The molecule has 0 bridgehead atoms. The molecular formula is C14H21N3O2S. The van der Waals surface area contributed by atoms with Crippen molar-refractivity contribution in [2.75, 3.05) is 32.1 Å². The number of amides is 1. The first-order valence-corrected chi connectivity index (χ1v) is 7.66. The minimum absolute atomic E-state index is 0.0515. The number of piperidine rings is 1. The van der Waals surface area contributed by atoms with Gasteiger partial charge in [-0.2, -0.15) is 0 Å². The van der Waals surface area contributed by atoms with Crippen molar-refractivity contribution in [2.45, 2.75) is 19.3 Å². The molecule has 1 aromatic rings. The molecule has 2 heterocycles. The SMILES string of the molecule is C=CC[C@@]1(CO)CCCN(C(=O)c2csc(NC)n2)C1. The number of allylic oxidation sites excluding steroid dienone is 1. The Hall–Kier alpha value is -1.40. The van der Waals surface area contributed by atoms with E-state index in [1.54, 1.807) is 17.3 Å². The van der Waals surface area contributed by atoms with Crippen molar-refractivity contribution in [3.63, 3.8) is 0 Å². The lowest BCUT2D eigenvalue weighted by Gasteiger charge is -2.41. The van der Waals surface area contributed by atoms with Gasteiger partial charge < -0.3 is 15.3 Å². The highest BCUT2D eigenvalue weighted by Crippen LogP contribution is 2.34. The van der Waals surface area contributed by atoms with Gasteiger partial charge in [0, 0.05) is 30.9 Å². The molecule has 1 aliphatic rings. The van der Waals surface area contributed by atoms with Crippen molar-refractivity contribution in [1.29, 1.82) is 0 Å². The molecule has 1 fully saturated rings. The van der Waals surface area contributed by atoms with Crippen molar-refractivity contribution in [3.05, 3.63) is 23.7 Å². The molecule has 0 aliphatic carbocycles. The van der Waals surface area contributed by atoms with Crippen molar-refractivity contribution in [2.24, 2.45) is 5.41 Å². The maximum absolute atomic E-state index is 12.5. The highest BCUT2D eigenvalue weighted by Gasteiger charge is 2.36. The zero-order chi connectivity index (χ0) is 14.6. The van der Waals surface area contributed by atoms with Gasteiger partial charge in [-0.1, -0.05) is 6.08 Å². The van der Waals surface area contributed by atoms with Crippen molar-refractivity contribution >= 4 is 22.4 Å². The van der Waals surface area contributed by atoms with E-state index in [1.165, 1.54) is 11.3 Å². The molecule has 6 heteroatoms. The number of hydrogen-bond acceptors (Lipinski definition) is 5. The number of aromatic nitrogens is 1. The highest BCUT2D eigenvalue weighted by molar-refractivity contribution is 7.13. The number of aliphatic hydroxyl groups is 1. The van der Waals surface area contributed by atoms with Gasteiger partial charge in [-0.25, -0.2) is 4.98 Å². The van der Waals surface area contributed by atoms with Gasteiger partial charge in [0.1, 0.15) is 5.69 Å². The van der Waals surface area contributed by atoms with Gasteiger partial charge in [0.25, 0.3) is 5.91 Å². The zero-order valence-electron chi connectivity index (χ0n) is 11.8. The van der Waals surface area contributed by atoms with Crippen LogP contribution in [0.15, 0.2) is 18.0 Å². The van der Waals surface area contributed by atoms with Gasteiger partial charge in [-0.3, -0.25) is 4.79 Å². The summed E-state index contributed by atoms with van der Waals surface area (Å²) in [5, 5.41) is 15.1. The van der Waals surface area contributed by atoms with Crippen LogP contribution in [0.5, 0.6) is 0 Å². The Bertz CT molecular complexity index is 489. The molecule has 0 saturated carbocycles. The fourth-order valence-electron chi connectivity index (χ4n) is 2.70. The van der Waals surface area contributed by atoms with E-state index in [0.717, 1.165) is 30.9 Å². The summed E-state index contributed by atoms with van der Waals surface area (Å²) in [5.74, 6) is -0.0515. The van der Waals surface area contributed by atoms with Crippen LogP contribution < -0.4 is 5.32 Å². The predicted octanol–water partition coefficient (Wildman–Crippen LogP) is 1.98. The first-order chi connectivity index (χ1) is 9.64. The average molecular weight is 295 g/mol. The van der Waals surface area contributed by atoms with Crippen LogP contribution in [0.2, 0.25) is 0 Å². The van der Waals surface area contributed by atoms with Crippen LogP contribution >= 0.6 is 11.3 Å². The molecule has 2 rings (SSSR count). The van der Waals surface area contributed by atoms with E-state index in [9.17, 15) is 9.90 Å². The number of carbonyl (C=O) groups is 1. The van der Waals surface area contributed by atoms with Gasteiger partial charge in [-0.05, 0) is 19.3 Å². The van der Waals surface area contributed by atoms with E-state index in [1.807, 2.05) is 6.08 Å². The largest absolute Gasteiger partial charge is 0.396 e. The number of aliphatic hydroxyl groups excluding tert-OH is 1. The topological polar surface area (TPSA) is 65.5 Å². The minimum Gasteiger partial charge on any atom is -0.396 e. The second-order valence-electron chi connectivity index (χ2n) is 5.27. The summed E-state index contributed by atoms with van der Waals surface area (Å²) in [4.78, 5) is 18.5. The molecular weight excluding hydrogens is 274 g/mol. The summed E-state index contributed by atoms with van der Waals surface area (Å²) >= 11 is 1.42. The van der Waals surface area contributed by atoms with Gasteiger partial charge in [0.15, 0.2) is 5.13 Å². The van der Waals surface area contributed by atoms with Crippen LogP contribution in [-0.4, -0.2) is 47.6 Å². The lowest BCUT2D eigenvalue weighted by molar-refractivity contribution is 0.0282. The number of likely N-dealkylation sites (tertiary alicyclic amines) is 1. The quantitative estimate of drug-likeness (QED) is 0.815. The van der Waals surface area contributed by atoms with E-state index >= 15 is 0 Å². The summed E-state index contributed by atoms with van der Waals surface area (Å²) in [6, 6.07) is 0. The van der Waals surface area contributed by atoms with Crippen LogP contribution in [0.25, 0.3) is 0 Å². The van der Waals surface area contributed by atoms with E-state index in [-0.39, 0.29) is 17.9 Å². The lowest BCUT2D eigenvalue weighted by atomic mass is 9.78. The van der Waals surface area contributed by atoms with E-state index in [4.69, 9.17) is 0 Å². The lowest BCUT2D eigenvalue weighted by Crippen LogP contribution is -2.47. The molecule has 1 atom stereocenters. The first-order valence-electron chi connectivity index (χ1n) is 6.78. The van der Waals surface area contributed by atoms with Crippen molar-refractivity contribution in [3.8, 4) is 0 Å². The Morgan fingerprint density at radius 3 is 3.15 bits per heavy atom. The Kier molecular flexibility index (Phi) is 4.77. The Labute approximate surface area is 123 Å². The molecule has 2 N–H and O–H groups in total. The maximum Gasteiger partial charge on any atom is 0.273 e. The summed E-state index contributed by atoms with van der Waals surface area (Å²) in [7, 11) is 1.79. The van der Waals surface area contributed by atoms with Crippen LogP contribution in [0.3, 0.4) is 0 Å². The molecule has 110 valence electrons. The third-order valence-electron chi connectivity index (χ3n) is 3.80. The smallest absolute Gasteiger partial charge is 0.273 e. The van der Waals surface area contributed by atoms with Gasteiger partial charge >= 0.3 is 0 Å².